The van der Waals surface area contributed by atoms with Crippen LogP contribution in [0.25, 0.3) is 0 Å². The Bertz CT molecular complexity index is 800. The molecule has 0 unspecified atom stereocenters. The number of rotatable bonds is 7. The number of hydrogen-bond donors (Lipinski definition) is 1. The van der Waals surface area contributed by atoms with Crippen LogP contribution in [0.15, 0.2) is 24.5 Å². The number of morpholine rings is 1. The van der Waals surface area contributed by atoms with Crippen molar-refractivity contribution < 1.29 is 27.9 Å². The molecule has 1 saturated carbocycles. The third-order valence-corrected chi connectivity index (χ3v) is 6.07. The van der Waals surface area contributed by atoms with Crippen molar-refractivity contribution in [2.45, 2.75) is 18.4 Å². The number of hydrogen-bond acceptors (Lipinski definition) is 6. The Hall–Kier alpha value is -2.04. The summed E-state index contributed by atoms with van der Waals surface area (Å²) < 4.78 is 30.0. The Labute approximate surface area is 158 Å². The number of aromatic nitrogens is 1. The van der Waals surface area contributed by atoms with Crippen molar-refractivity contribution in [1.82, 2.24) is 14.2 Å². The number of aliphatic carboxylic acids is 1. The van der Waals surface area contributed by atoms with Gasteiger partial charge in [0, 0.05) is 37.9 Å². The zero-order chi connectivity index (χ0) is 19.6. The van der Waals surface area contributed by atoms with Crippen LogP contribution in [-0.4, -0.2) is 84.7 Å². The van der Waals surface area contributed by atoms with Crippen molar-refractivity contribution in [2.24, 2.45) is 5.92 Å². The van der Waals surface area contributed by atoms with Gasteiger partial charge in [-0.1, -0.05) is 6.07 Å². The summed E-state index contributed by atoms with van der Waals surface area (Å²) in [5.41, 5.74) is 1.05. The molecule has 2 fully saturated rings. The smallest absolute Gasteiger partial charge is 0.318 e. The van der Waals surface area contributed by atoms with Crippen molar-refractivity contribution in [3.63, 3.8) is 0 Å². The lowest BCUT2D eigenvalue weighted by Crippen LogP contribution is -2.51. The fourth-order valence-corrected chi connectivity index (χ4v) is 4.17. The van der Waals surface area contributed by atoms with Gasteiger partial charge in [0.05, 0.1) is 19.0 Å². The van der Waals surface area contributed by atoms with E-state index in [0.717, 1.165) is 22.5 Å². The number of pyridine rings is 1. The topological polar surface area (TPSA) is 117 Å². The highest BCUT2D eigenvalue weighted by atomic mass is 32.2. The van der Waals surface area contributed by atoms with E-state index < -0.39 is 28.6 Å². The first-order valence-electron chi connectivity index (χ1n) is 8.73. The van der Waals surface area contributed by atoms with Gasteiger partial charge in [0.1, 0.15) is 6.54 Å². The molecule has 148 valence electrons. The van der Waals surface area contributed by atoms with E-state index in [1.54, 1.807) is 17.3 Å². The van der Waals surface area contributed by atoms with Crippen LogP contribution in [0.3, 0.4) is 0 Å². The van der Waals surface area contributed by atoms with Gasteiger partial charge in [-0.15, -0.1) is 0 Å². The van der Waals surface area contributed by atoms with Crippen molar-refractivity contribution in [3.05, 3.63) is 30.1 Å². The summed E-state index contributed by atoms with van der Waals surface area (Å²) in [6.45, 7) is 0.277. The third-order valence-electron chi connectivity index (χ3n) is 4.86. The summed E-state index contributed by atoms with van der Waals surface area (Å²) in [5, 5.41) is 8.92. The summed E-state index contributed by atoms with van der Waals surface area (Å²) in [4.78, 5) is 29.5. The average Bonchev–Trinajstić information content (AvgIpc) is 3.41. The molecule has 3 atom stereocenters. The monoisotopic (exact) mass is 397 g/mol. The minimum Gasteiger partial charge on any atom is -0.480 e. The van der Waals surface area contributed by atoms with Crippen molar-refractivity contribution in [1.29, 1.82) is 0 Å². The number of sulfonamides is 1. The maximum atomic E-state index is 12.8. The standard InChI is InChI=1S/C17H23N3O6S/c1-27(24,25)20(11-16(21)22)10-13-9-19(5-6-26-13)17(23)15-7-14(15)12-3-2-4-18-8-12/h2-4,8,13-15H,5-7,9-11H2,1H3,(H,21,22)/t13-,14+,15+/m0/s1. The van der Waals surface area contributed by atoms with E-state index in [1.165, 1.54) is 0 Å². The molecule has 1 aromatic rings. The molecule has 1 aromatic heterocycles. The van der Waals surface area contributed by atoms with Gasteiger partial charge in [-0.25, -0.2) is 8.42 Å². The van der Waals surface area contributed by atoms with E-state index in [0.29, 0.717) is 13.2 Å². The van der Waals surface area contributed by atoms with Crippen molar-refractivity contribution in [3.8, 4) is 0 Å². The normalized spacial score (nSPS) is 25.4. The number of carboxylic acid groups (broad SMARTS) is 1. The van der Waals surface area contributed by atoms with E-state index in [4.69, 9.17) is 9.84 Å². The number of ether oxygens (including phenoxy) is 1. The lowest BCUT2D eigenvalue weighted by molar-refractivity contribution is -0.142. The van der Waals surface area contributed by atoms with Crippen LogP contribution in [0.1, 0.15) is 17.9 Å². The molecule has 2 aliphatic rings. The van der Waals surface area contributed by atoms with Gasteiger partial charge in [-0.2, -0.15) is 4.31 Å². The van der Waals surface area contributed by atoms with Crippen LogP contribution >= 0.6 is 0 Å². The van der Waals surface area contributed by atoms with Crippen LogP contribution < -0.4 is 0 Å². The third kappa shape index (κ3) is 5.02. The van der Waals surface area contributed by atoms with E-state index >= 15 is 0 Å². The lowest BCUT2D eigenvalue weighted by Gasteiger charge is -2.35. The highest BCUT2D eigenvalue weighted by molar-refractivity contribution is 7.88. The average molecular weight is 397 g/mol. The minimum absolute atomic E-state index is 0.0290. The molecule has 0 spiro atoms. The molecular formula is C17H23N3O6S. The van der Waals surface area contributed by atoms with Gasteiger partial charge in [0.2, 0.25) is 15.9 Å². The van der Waals surface area contributed by atoms with Crippen LogP contribution in [0, 0.1) is 5.92 Å². The number of amides is 1. The number of nitrogens with zero attached hydrogens (tertiary/aromatic N) is 3. The lowest BCUT2D eigenvalue weighted by atomic mass is 10.1. The molecule has 0 radical (unpaired) electrons. The number of carbonyl (C=O) groups is 2. The Kier molecular flexibility index (Phi) is 5.78. The van der Waals surface area contributed by atoms with Gasteiger partial charge in [0.25, 0.3) is 0 Å². The van der Waals surface area contributed by atoms with Gasteiger partial charge in [-0.05, 0) is 24.0 Å². The molecule has 1 amide bonds. The predicted molar refractivity (Wildman–Crippen MR) is 95.5 cm³/mol. The molecule has 2 heterocycles. The van der Waals surface area contributed by atoms with E-state index in [2.05, 4.69) is 4.98 Å². The minimum atomic E-state index is -3.68. The Morgan fingerprint density at radius 3 is 2.85 bits per heavy atom. The highest BCUT2D eigenvalue weighted by Crippen LogP contribution is 2.48. The van der Waals surface area contributed by atoms with Crippen molar-refractivity contribution >= 4 is 21.9 Å². The number of carboxylic acids is 1. The van der Waals surface area contributed by atoms with E-state index in [1.807, 2.05) is 12.1 Å². The SMILES string of the molecule is CS(=O)(=O)N(CC(=O)O)C[C@@H]1CN(C(=O)[C@@H]2C[C@@H]2c2cccnc2)CCO1. The van der Waals surface area contributed by atoms with Gasteiger partial charge in [0.15, 0.2) is 0 Å². The molecule has 10 heteroatoms. The molecule has 1 aliphatic heterocycles. The second-order valence-corrected chi connectivity index (χ2v) is 8.94. The Morgan fingerprint density at radius 2 is 2.22 bits per heavy atom. The number of carbonyl (C=O) groups excluding carboxylic acids is 1. The first kappa shape index (κ1) is 19.7. The summed E-state index contributed by atoms with van der Waals surface area (Å²) >= 11 is 0. The van der Waals surface area contributed by atoms with Gasteiger partial charge in [-0.3, -0.25) is 14.6 Å². The molecule has 1 aliphatic carbocycles. The molecule has 1 saturated heterocycles. The van der Waals surface area contributed by atoms with Crippen LogP contribution in [0.5, 0.6) is 0 Å². The fourth-order valence-electron chi connectivity index (χ4n) is 3.39. The first-order valence-corrected chi connectivity index (χ1v) is 10.6. The maximum absolute atomic E-state index is 12.8. The highest BCUT2D eigenvalue weighted by Gasteiger charge is 2.46. The van der Waals surface area contributed by atoms with Crippen LogP contribution in [-0.2, 0) is 24.3 Å². The zero-order valence-electron chi connectivity index (χ0n) is 15.0. The van der Waals surface area contributed by atoms with Crippen LogP contribution in [0.4, 0.5) is 0 Å². The molecule has 1 N–H and O–H groups in total. The summed E-state index contributed by atoms with van der Waals surface area (Å²) in [5.74, 6) is -1.12. The first-order chi connectivity index (χ1) is 12.8. The van der Waals surface area contributed by atoms with E-state index in [9.17, 15) is 18.0 Å². The Balaban J connectivity index is 1.59. The Morgan fingerprint density at radius 1 is 1.44 bits per heavy atom. The fraction of sp³-hybridized carbons (Fsp3) is 0.588. The largest absolute Gasteiger partial charge is 0.480 e. The quantitative estimate of drug-likeness (QED) is 0.675. The maximum Gasteiger partial charge on any atom is 0.318 e. The molecule has 27 heavy (non-hydrogen) atoms. The summed E-state index contributed by atoms with van der Waals surface area (Å²) in [7, 11) is -3.68. The second kappa shape index (κ2) is 7.91. The molecule has 0 bridgehead atoms. The molecule has 9 nitrogen and oxygen atoms in total. The van der Waals surface area contributed by atoms with Crippen molar-refractivity contribution in [2.75, 3.05) is 39.0 Å². The predicted octanol–water partition coefficient (Wildman–Crippen LogP) is -0.241. The van der Waals surface area contributed by atoms with Crippen LogP contribution in [0.2, 0.25) is 0 Å². The van der Waals surface area contributed by atoms with Gasteiger partial charge < -0.3 is 14.7 Å². The zero-order valence-corrected chi connectivity index (χ0v) is 15.8. The van der Waals surface area contributed by atoms with E-state index in [-0.39, 0.29) is 30.8 Å². The molecule has 3 rings (SSSR count). The van der Waals surface area contributed by atoms with Gasteiger partial charge >= 0.3 is 5.97 Å². The molecular weight excluding hydrogens is 374 g/mol. The summed E-state index contributed by atoms with van der Waals surface area (Å²) in [6.07, 6.45) is 4.66. The second-order valence-electron chi connectivity index (χ2n) is 6.96. The summed E-state index contributed by atoms with van der Waals surface area (Å²) in [6, 6.07) is 3.81. The molecule has 0 aromatic carbocycles.